The summed E-state index contributed by atoms with van der Waals surface area (Å²) in [7, 11) is 0. The molecule has 0 nitrogen and oxygen atoms in total. The molecule has 1 aliphatic carbocycles. The first-order valence-electron chi connectivity index (χ1n) is 4.97. The van der Waals surface area contributed by atoms with Gasteiger partial charge in [-0.05, 0) is 39.0 Å². The summed E-state index contributed by atoms with van der Waals surface area (Å²) >= 11 is 6.06. The maximum atomic E-state index is 12.5. The molecule has 0 bridgehead atoms. The Kier molecular flexibility index (Phi) is 3.40. The van der Waals surface area contributed by atoms with Crippen LogP contribution in [0.15, 0.2) is 0 Å². The van der Waals surface area contributed by atoms with Crippen molar-refractivity contribution in [1.82, 2.24) is 0 Å². The van der Waals surface area contributed by atoms with Crippen LogP contribution in [0.5, 0.6) is 0 Å². The molecule has 0 aliphatic heterocycles. The number of hydrogen-bond acceptors (Lipinski definition) is 0. The van der Waals surface area contributed by atoms with Crippen LogP contribution in [0.1, 0.15) is 39.5 Å². The molecule has 1 fully saturated rings. The molecule has 4 heteroatoms. The highest BCUT2D eigenvalue weighted by atomic mass is 35.5. The molecule has 1 aliphatic rings. The summed E-state index contributed by atoms with van der Waals surface area (Å²) < 4.78 is 37.4. The first-order chi connectivity index (χ1) is 6.21. The van der Waals surface area contributed by atoms with Gasteiger partial charge in [0.25, 0.3) is 0 Å². The number of halogens is 4. The number of alkyl halides is 4. The molecule has 14 heavy (non-hydrogen) atoms. The van der Waals surface area contributed by atoms with Gasteiger partial charge in [-0.3, -0.25) is 0 Å². The molecule has 0 radical (unpaired) electrons. The standard InChI is InChI=1S/C10H16ClF3/c1-9(2,11)7-4-3-5-8(6-7)10(12,13)14/h7-8H,3-6H2,1-2H3. The highest BCUT2D eigenvalue weighted by molar-refractivity contribution is 6.23. The SMILES string of the molecule is CC(C)(Cl)C1CCCC(C(F)(F)F)C1. The molecule has 0 N–H and O–H groups in total. The minimum Gasteiger partial charge on any atom is -0.171 e. The van der Waals surface area contributed by atoms with E-state index in [2.05, 4.69) is 0 Å². The van der Waals surface area contributed by atoms with Gasteiger partial charge < -0.3 is 0 Å². The summed E-state index contributed by atoms with van der Waals surface area (Å²) in [6, 6.07) is 0. The molecule has 1 saturated carbocycles. The van der Waals surface area contributed by atoms with Crippen LogP contribution >= 0.6 is 11.6 Å². The zero-order chi connectivity index (χ0) is 11.0. The number of rotatable bonds is 1. The molecule has 2 unspecified atom stereocenters. The fourth-order valence-electron chi connectivity index (χ4n) is 2.11. The third kappa shape index (κ3) is 3.04. The molecule has 84 valence electrons. The third-order valence-electron chi connectivity index (χ3n) is 3.11. The monoisotopic (exact) mass is 228 g/mol. The summed E-state index contributed by atoms with van der Waals surface area (Å²) in [6.07, 6.45) is -2.11. The van der Waals surface area contributed by atoms with E-state index in [4.69, 9.17) is 11.6 Å². The minimum absolute atomic E-state index is 0.00968. The van der Waals surface area contributed by atoms with E-state index in [-0.39, 0.29) is 18.8 Å². The molecule has 0 amide bonds. The van der Waals surface area contributed by atoms with Crippen LogP contribution in [0, 0.1) is 11.8 Å². The molecule has 2 atom stereocenters. The van der Waals surface area contributed by atoms with Gasteiger partial charge in [-0.2, -0.15) is 13.2 Å². The fraction of sp³-hybridized carbons (Fsp3) is 1.00. The Morgan fingerprint density at radius 2 is 1.57 bits per heavy atom. The fourth-order valence-corrected chi connectivity index (χ4v) is 2.31. The summed E-state index contributed by atoms with van der Waals surface area (Å²) in [5, 5.41) is 0. The zero-order valence-corrected chi connectivity index (χ0v) is 9.25. The summed E-state index contributed by atoms with van der Waals surface area (Å²) in [4.78, 5) is -0.510. The molecule has 0 heterocycles. The van der Waals surface area contributed by atoms with Crippen LogP contribution in [0.2, 0.25) is 0 Å². The van der Waals surface area contributed by atoms with E-state index >= 15 is 0 Å². The lowest BCUT2D eigenvalue weighted by Gasteiger charge is -2.36. The molecule has 0 aromatic heterocycles. The zero-order valence-electron chi connectivity index (χ0n) is 8.49. The molecule has 0 saturated heterocycles. The first kappa shape index (κ1) is 12.2. The lowest BCUT2D eigenvalue weighted by atomic mass is 9.75. The van der Waals surface area contributed by atoms with Crippen LogP contribution in [0.4, 0.5) is 13.2 Å². The van der Waals surface area contributed by atoms with Gasteiger partial charge >= 0.3 is 6.18 Å². The van der Waals surface area contributed by atoms with Gasteiger partial charge in [0.05, 0.1) is 5.92 Å². The summed E-state index contributed by atoms with van der Waals surface area (Å²) in [6.45, 7) is 3.61. The van der Waals surface area contributed by atoms with E-state index in [0.717, 1.165) is 6.42 Å². The largest absolute Gasteiger partial charge is 0.391 e. The second-order valence-electron chi connectivity index (χ2n) is 4.67. The number of hydrogen-bond donors (Lipinski definition) is 0. The molecule has 0 aromatic rings. The van der Waals surface area contributed by atoms with Crippen LogP contribution in [0.25, 0.3) is 0 Å². The second kappa shape index (κ2) is 3.92. The van der Waals surface area contributed by atoms with Crippen LogP contribution in [-0.4, -0.2) is 11.1 Å². The normalized spacial score (nSPS) is 30.4. The highest BCUT2D eigenvalue weighted by Crippen LogP contribution is 2.44. The summed E-state index contributed by atoms with van der Waals surface area (Å²) in [5.74, 6) is -1.15. The van der Waals surface area contributed by atoms with Gasteiger partial charge in [-0.15, -0.1) is 11.6 Å². The maximum absolute atomic E-state index is 12.5. The molecule has 1 rings (SSSR count). The average molecular weight is 229 g/mol. The Labute approximate surface area is 87.8 Å². The van der Waals surface area contributed by atoms with Crippen molar-refractivity contribution in [2.45, 2.75) is 50.6 Å². The van der Waals surface area contributed by atoms with Gasteiger partial charge in [0, 0.05) is 4.87 Å². The van der Waals surface area contributed by atoms with E-state index in [1.165, 1.54) is 0 Å². The van der Waals surface area contributed by atoms with E-state index in [1.807, 2.05) is 0 Å². The Bertz CT molecular complexity index is 173. The molecule has 0 aromatic carbocycles. The van der Waals surface area contributed by atoms with Crippen LogP contribution in [-0.2, 0) is 0 Å². The highest BCUT2D eigenvalue weighted by Gasteiger charge is 2.44. The average Bonchev–Trinajstić information content (AvgIpc) is 2.01. The second-order valence-corrected chi connectivity index (χ2v) is 5.64. The van der Waals surface area contributed by atoms with Crippen molar-refractivity contribution in [2.75, 3.05) is 0 Å². The van der Waals surface area contributed by atoms with E-state index in [0.29, 0.717) is 6.42 Å². The topological polar surface area (TPSA) is 0 Å². The van der Waals surface area contributed by atoms with Gasteiger partial charge in [-0.1, -0.05) is 6.42 Å². The molecular weight excluding hydrogens is 213 g/mol. The molecule has 0 spiro atoms. The van der Waals surface area contributed by atoms with Gasteiger partial charge in [0.15, 0.2) is 0 Å². The van der Waals surface area contributed by atoms with E-state index in [9.17, 15) is 13.2 Å². The van der Waals surface area contributed by atoms with Crippen molar-refractivity contribution in [1.29, 1.82) is 0 Å². The maximum Gasteiger partial charge on any atom is 0.391 e. The predicted octanol–water partition coefficient (Wildman–Crippen LogP) is 4.37. The third-order valence-corrected chi connectivity index (χ3v) is 3.42. The Hall–Kier alpha value is 0.0800. The Morgan fingerprint density at radius 3 is 2.00 bits per heavy atom. The van der Waals surface area contributed by atoms with Gasteiger partial charge in [0.2, 0.25) is 0 Å². The predicted molar refractivity (Wildman–Crippen MR) is 51.4 cm³/mol. The van der Waals surface area contributed by atoms with Crippen LogP contribution in [0.3, 0.4) is 0 Å². The van der Waals surface area contributed by atoms with Crippen LogP contribution < -0.4 is 0 Å². The van der Waals surface area contributed by atoms with Crippen molar-refractivity contribution in [3.8, 4) is 0 Å². The van der Waals surface area contributed by atoms with Crippen molar-refractivity contribution < 1.29 is 13.2 Å². The van der Waals surface area contributed by atoms with E-state index in [1.54, 1.807) is 13.8 Å². The van der Waals surface area contributed by atoms with Crippen molar-refractivity contribution >= 4 is 11.6 Å². The van der Waals surface area contributed by atoms with Crippen molar-refractivity contribution in [3.05, 3.63) is 0 Å². The Morgan fingerprint density at radius 1 is 1.07 bits per heavy atom. The minimum atomic E-state index is -4.04. The smallest absolute Gasteiger partial charge is 0.171 e. The lowest BCUT2D eigenvalue weighted by Crippen LogP contribution is -2.35. The van der Waals surface area contributed by atoms with Gasteiger partial charge in [-0.25, -0.2) is 0 Å². The van der Waals surface area contributed by atoms with Crippen molar-refractivity contribution in [2.24, 2.45) is 11.8 Å². The van der Waals surface area contributed by atoms with E-state index < -0.39 is 17.0 Å². The first-order valence-corrected chi connectivity index (χ1v) is 5.34. The Balaban J connectivity index is 2.61. The molecular formula is C10H16ClF3. The summed E-state index contributed by atoms with van der Waals surface area (Å²) in [5.41, 5.74) is 0. The quantitative estimate of drug-likeness (QED) is 0.585. The van der Waals surface area contributed by atoms with Crippen molar-refractivity contribution in [3.63, 3.8) is 0 Å². The lowest BCUT2D eigenvalue weighted by molar-refractivity contribution is -0.186. The van der Waals surface area contributed by atoms with Gasteiger partial charge in [0.1, 0.15) is 0 Å².